The van der Waals surface area contributed by atoms with Crippen molar-refractivity contribution in [3.63, 3.8) is 0 Å². The Balaban J connectivity index is 1.53. The van der Waals surface area contributed by atoms with E-state index in [4.69, 9.17) is 11.2 Å². The number of hydrazine groups is 1. The standard InChI is InChI=1S/C19H20N4O5S2/c1-2-12-28-19(25)23-10-8-14(9-11-23)18-20-16(13-29-18)17(24)21-22-30(26,27)15-6-4-3-5-7-15/h1,3-7,13-14,22H,8-12H2,(H,21,24). The van der Waals surface area contributed by atoms with Gasteiger partial charge in [-0.05, 0) is 25.0 Å². The van der Waals surface area contributed by atoms with Crippen molar-refractivity contribution < 1.29 is 22.7 Å². The highest BCUT2D eigenvalue weighted by atomic mass is 32.2. The molecule has 158 valence electrons. The SMILES string of the molecule is C#CCOC(=O)N1CCC(c2nc(C(=O)NNS(=O)(=O)c3ccccc3)cs2)CC1. The molecule has 1 aromatic heterocycles. The average Bonchev–Trinajstić information content (AvgIpc) is 3.27. The number of sulfonamides is 1. The number of amides is 2. The number of rotatable bonds is 6. The quantitative estimate of drug-likeness (QED) is 0.513. The van der Waals surface area contributed by atoms with E-state index in [0.717, 1.165) is 5.01 Å². The number of terminal acetylenes is 1. The summed E-state index contributed by atoms with van der Waals surface area (Å²) < 4.78 is 29.3. The number of carbonyl (C=O) groups excluding carboxylic acids is 2. The van der Waals surface area contributed by atoms with E-state index in [9.17, 15) is 18.0 Å². The van der Waals surface area contributed by atoms with Crippen LogP contribution in [-0.2, 0) is 14.8 Å². The Labute approximate surface area is 178 Å². The molecule has 0 aliphatic carbocycles. The van der Waals surface area contributed by atoms with Crippen LogP contribution in [0.3, 0.4) is 0 Å². The molecule has 2 aromatic rings. The number of hydrogen-bond acceptors (Lipinski definition) is 7. The zero-order valence-electron chi connectivity index (χ0n) is 15.9. The molecule has 11 heteroatoms. The summed E-state index contributed by atoms with van der Waals surface area (Å²) in [6, 6.07) is 7.71. The van der Waals surface area contributed by atoms with Gasteiger partial charge in [-0.15, -0.1) is 22.6 Å². The summed E-state index contributed by atoms with van der Waals surface area (Å²) in [6.45, 7) is 0.954. The Hall–Kier alpha value is -2.94. The van der Waals surface area contributed by atoms with Crippen LogP contribution in [0.1, 0.15) is 34.3 Å². The molecule has 0 radical (unpaired) electrons. The number of ether oxygens (including phenoxy) is 1. The van der Waals surface area contributed by atoms with Gasteiger partial charge < -0.3 is 9.64 Å². The van der Waals surface area contributed by atoms with Crippen molar-refractivity contribution in [2.24, 2.45) is 0 Å². The van der Waals surface area contributed by atoms with Crippen LogP contribution in [-0.4, -0.2) is 50.0 Å². The molecular formula is C19H20N4O5S2. The summed E-state index contributed by atoms with van der Waals surface area (Å²) in [5.74, 6) is 1.72. The first-order valence-corrected chi connectivity index (χ1v) is 11.4. The fourth-order valence-electron chi connectivity index (χ4n) is 2.92. The number of likely N-dealkylation sites (tertiary alicyclic amines) is 1. The molecule has 9 nitrogen and oxygen atoms in total. The molecular weight excluding hydrogens is 428 g/mol. The van der Waals surface area contributed by atoms with Crippen molar-refractivity contribution in [1.29, 1.82) is 0 Å². The number of benzene rings is 1. The number of piperidine rings is 1. The molecule has 1 aliphatic rings. The van der Waals surface area contributed by atoms with E-state index in [1.165, 1.54) is 23.5 Å². The average molecular weight is 449 g/mol. The lowest BCUT2D eigenvalue weighted by molar-refractivity contribution is 0.0940. The second kappa shape index (κ2) is 9.71. The molecule has 0 atom stereocenters. The molecule has 2 heterocycles. The molecule has 0 unspecified atom stereocenters. The van der Waals surface area contributed by atoms with Crippen LogP contribution in [0.2, 0.25) is 0 Å². The van der Waals surface area contributed by atoms with Gasteiger partial charge in [-0.3, -0.25) is 10.2 Å². The minimum Gasteiger partial charge on any atom is -0.436 e. The summed E-state index contributed by atoms with van der Waals surface area (Å²) in [4.78, 5) is 32.1. The van der Waals surface area contributed by atoms with E-state index in [2.05, 4.69) is 21.2 Å². The minimum atomic E-state index is -3.87. The van der Waals surface area contributed by atoms with Crippen LogP contribution in [0.25, 0.3) is 0 Å². The summed E-state index contributed by atoms with van der Waals surface area (Å²) in [6.07, 6.45) is 6.01. The third-order valence-electron chi connectivity index (χ3n) is 4.49. The molecule has 1 fully saturated rings. The normalized spacial score (nSPS) is 14.7. The van der Waals surface area contributed by atoms with Gasteiger partial charge >= 0.3 is 6.09 Å². The molecule has 0 saturated carbocycles. The van der Waals surface area contributed by atoms with Gasteiger partial charge in [0, 0.05) is 24.4 Å². The molecule has 2 N–H and O–H groups in total. The van der Waals surface area contributed by atoms with Gasteiger partial charge in [0.05, 0.1) is 9.90 Å². The summed E-state index contributed by atoms with van der Waals surface area (Å²) >= 11 is 1.33. The van der Waals surface area contributed by atoms with E-state index in [1.54, 1.807) is 28.5 Å². The Morgan fingerprint density at radius 3 is 2.63 bits per heavy atom. The van der Waals surface area contributed by atoms with Crippen LogP contribution in [0.5, 0.6) is 0 Å². The fraction of sp³-hybridized carbons (Fsp3) is 0.316. The van der Waals surface area contributed by atoms with Crippen molar-refractivity contribution in [2.45, 2.75) is 23.7 Å². The van der Waals surface area contributed by atoms with E-state index in [0.29, 0.717) is 25.9 Å². The second-order valence-electron chi connectivity index (χ2n) is 6.46. The molecule has 0 bridgehead atoms. The van der Waals surface area contributed by atoms with Crippen LogP contribution in [0.15, 0.2) is 40.6 Å². The van der Waals surface area contributed by atoms with Crippen molar-refractivity contribution in [3.8, 4) is 12.3 Å². The van der Waals surface area contributed by atoms with Crippen molar-refractivity contribution in [1.82, 2.24) is 20.1 Å². The third kappa shape index (κ3) is 5.35. The van der Waals surface area contributed by atoms with Gasteiger partial charge in [-0.25, -0.2) is 18.2 Å². The maximum atomic E-state index is 12.3. The first-order valence-electron chi connectivity index (χ1n) is 9.08. The molecule has 1 aromatic carbocycles. The molecule has 3 rings (SSSR count). The number of aromatic nitrogens is 1. The summed E-state index contributed by atoms with van der Waals surface area (Å²) in [5, 5.41) is 2.34. The molecule has 0 spiro atoms. The maximum Gasteiger partial charge on any atom is 0.410 e. The predicted octanol–water partition coefficient (Wildman–Crippen LogP) is 1.72. The van der Waals surface area contributed by atoms with Gasteiger partial charge in [0.1, 0.15) is 5.69 Å². The minimum absolute atomic E-state index is 0.0387. The maximum absolute atomic E-state index is 12.3. The lowest BCUT2D eigenvalue weighted by Crippen LogP contribution is -2.41. The van der Waals surface area contributed by atoms with Gasteiger partial charge in [0.2, 0.25) is 0 Å². The van der Waals surface area contributed by atoms with Gasteiger partial charge in [-0.1, -0.05) is 24.1 Å². The highest BCUT2D eigenvalue weighted by molar-refractivity contribution is 7.89. The van der Waals surface area contributed by atoms with Gasteiger partial charge in [-0.2, -0.15) is 0 Å². The van der Waals surface area contributed by atoms with E-state index < -0.39 is 22.0 Å². The molecule has 2 amide bonds. The van der Waals surface area contributed by atoms with Crippen molar-refractivity contribution >= 4 is 33.4 Å². The first-order chi connectivity index (χ1) is 14.4. The second-order valence-corrected chi connectivity index (χ2v) is 9.04. The van der Waals surface area contributed by atoms with E-state index in [-0.39, 0.29) is 23.1 Å². The zero-order chi connectivity index (χ0) is 21.6. The van der Waals surface area contributed by atoms with E-state index >= 15 is 0 Å². The molecule has 1 saturated heterocycles. The molecule has 30 heavy (non-hydrogen) atoms. The lowest BCUT2D eigenvalue weighted by Gasteiger charge is -2.30. The largest absolute Gasteiger partial charge is 0.436 e. The fourth-order valence-corrected chi connectivity index (χ4v) is 4.75. The number of nitrogens with one attached hydrogen (secondary N) is 2. The Bertz CT molecular complexity index is 1040. The first kappa shape index (κ1) is 21.8. The van der Waals surface area contributed by atoms with Gasteiger partial charge in [0.15, 0.2) is 6.61 Å². The van der Waals surface area contributed by atoms with Gasteiger partial charge in [0.25, 0.3) is 15.9 Å². The third-order valence-corrected chi connectivity index (χ3v) is 6.76. The smallest absolute Gasteiger partial charge is 0.410 e. The number of nitrogens with zero attached hydrogens (tertiary/aromatic N) is 2. The Morgan fingerprint density at radius 2 is 1.97 bits per heavy atom. The Kier molecular flexibility index (Phi) is 7.04. The van der Waals surface area contributed by atoms with E-state index in [1.807, 2.05) is 0 Å². The highest BCUT2D eigenvalue weighted by Gasteiger charge is 2.27. The number of hydrogen-bond donors (Lipinski definition) is 2. The monoisotopic (exact) mass is 448 g/mol. The number of carbonyl (C=O) groups is 2. The predicted molar refractivity (Wildman–Crippen MR) is 110 cm³/mol. The van der Waals surface area contributed by atoms with Crippen LogP contribution < -0.4 is 10.3 Å². The van der Waals surface area contributed by atoms with Crippen LogP contribution >= 0.6 is 11.3 Å². The summed E-state index contributed by atoms with van der Waals surface area (Å²) in [7, 11) is -3.87. The molecule has 1 aliphatic heterocycles. The van der Waals surface area contributed by atoms with Crippen LogP contribution in [0.4, 0.5) is 4.79 Å². The van der Waals surface area contributed by atoms with Crippen molar-refractivity contribution in [2.75, 3.05) is 19.7 Å². The zero-order valence-corrected chi connectivity index (χ0v) is 17.5. The Morgan fingerprint density at radius 1 is 1.27 bits per heavy atom. The highest BCUT2D eigenvalue weighted by Crippen LogP contribution is 2.30. The van der Waals surface area contributed by atoms with Crippen molar-refractivity contribution in [3.05, 3.63) is 46.4 Å². The topological polar surface area (TPSA) is 118 Å². The number of thiazole rings is 1. The summed E-state index contributed by atoms with van der Waals surface area (Å²) in [5.41, 5.74) is 2.30. The lowest BCUT2D eigenvalue weighted by atomic mass is 9.98. The van der Waals surface area contributed by atoms with Crippen LogP contribution in [0, 0.1) is 12.3 Å².